The van der Waals surface area contributed by atoms with E-state index in [1.807, 2.05) is 0 Å². The molecule has 0 atom stereocenters. The molecule has 4 nitrogen and oxygen atoms in total. The van der Waals surface area contributed by atoms with E-state index in [1.165, 1.54) is 13.1 Å². The third-order valence-electron chi connectivity index (χ3n) is 1.43. The largest absolute Gasteiger partial charge is 0.491 e. The number of carbonyl (C=O) groups excluding carboxylic acids is 1. The molecule has 0 saturated heterocycles. The number of hydrogen-bond donors (Lipinski definition) is 3. The maximum Gasteiger partial charge on any atom is 0.491 e. The lowest BCUT2D eigenvalue weighted by atomic mass is 9.79. The van der Waals surface area contributed by atoms with Crippen LogP contribution in [0, 0.1) is 5.82 Å². The molecule has 0 aliphatic carbocycles. The molecule has 0 radical (unpaired) electrons. The molecule has 0 saturated carbocycles. The first-order valence-corrected chi connectivity index (χ1v) is 3.83. The lowest BCUT2D eigenvalue weighted by molar-refractivity contribution is 0.112. The predicted octanol–water partition coefficient (Wildman–Crippen LogP) is -1.11. The highest BCUT2D eigenvalue weighted by atomic mass is 19.1. The minimum Gasteiger partial charge on any atom is -0.423 e. The highest BCUT2D eigenvalue weighted by molar-refractivity contribution is 6.58. The Hall–Kier alpha value is -1.24. The third kappa shape index (κ3) is 3.25. The zero-order chi connectivity index (χ0) is 11.1. The Morgan fingerprint density at radius 2 is 2.00 bits per heavy atom. The van der Waals surface area contributed by atoms with Crippen LogP contribution in [0.1, 0.15) is 10.4 Å². The van der Waals surface area contributed by atoms with Crippen LogP contribution in [-0.2, 0) is 0 Å². The summed E-state index contributed by atoms with van der Waals surface area (Å²) in [5, 5.41) is 17.2. The van der Waals surface area contributed by atoms with Gasteiger partial charge in [0.15, 0.2) is 0 Å². The zero-order valence-electron chi connectivity index (χ0n) is 7.64. The van der Waals surface area contributed by atoms with Gasteiger partial charge in [-0.3, -0.25) is 4.79 Å². The van der Waals surface area contributed by atoms with E-state index in [0.29, 0.717) is 6.29 Å². The summed E-state index contributed by atoms with van der Waals surface area (Å²) in [6, 6.07) is 3.36. The van der Waals surface area contributed by atoms with Crippen molar-refractivity contribution < 1.29 is 19.2 Å². The number of aldehydes is 1. The topological polar surface area (TPSA) is 83.6 Å². The fraction of sp³-hybridized carbons (Fsp3) is 0.125. The summed E-state index contributed by atoms with van der Waals surface area (Å²) in [6.07, 6.45) is 0.505. The molecule has 0 aliphatic heterocycles. The van der Waals surface area contributed by atoms with Gasteiger partial charge in [-0.2, -0.15) is 0 Å². The van der Waals surface area contributed by atoms with Crippen LogP contribution in [0.25, 0.3) is 0 Å². The quantitative estimate of drug-likeness (QED) is 0.416. The number of halogens is 1. The minimum atomic E-state index is -1.88. The molecule has 14 heavy (non-hydrogen) atoms. The van der Waals surface area contributed by atoms with Crippen molar-refractivity contribution in [3.05, 3.63) is 29.6 Å². The van der Waals surface area contributed by atoms with Crippen molar-refractivity contribution in [1.82, 2.24) is 0 Å². The summed E-state index contributed by atoms with van der Waals surface area (Å²) in [6.45, 7) is 0. The average Bonchev–Trinajstić information content (AvgIpc) is 2.21. The van der Waals surface area contributed by atoms with Crippen molar-refractivity contribution in [1.29, 1.82) is 0 Å². The summed E-state index contributed by atoms with van der Waals surface area (Å²) in [5.74, 6) is -0.740. The van der Waals surface area contributed by atoms with E-state index in [2.05, 4.69) is 5.73 Å². The smallest absolute Gasteiger partial charge is 0.423 e. The van der Waals surface area contributed by atoms with E-state index in [-0.39, 0.29) is 11.0 Å². The van der Waals surface area contributed by atoms with Crippen molar-refractivity contribution >= 4 is 18.9 Å². The number of benzene rings is 1. The SMILES string of the molecule is CN.O=Cc1ccc(F)c(B(O)O)c1. The minimum absolute atomic E-state index is 0.208. The van der Waals surface area contributed by atoms with Gasteiger partial charge in [-0.05, 0) is 25.2 Å². The fourth-order valence-corrected chi connectivity index (χ4v) is 0.833. The Labute approximate surface area is 81.3 Å². The number of carbonyl (C=O) groups is 1. The maximum absolute atomic E-state index is 12.7. The van der Waals surface area contributed by atoms with Gasteiger partial charge in [0.25, 0.3) is 0 Å². The summed E-state index contributed by atoms with van der Waals surface area (Å²) in [7, 11) is -0.384. The molecule has 1 rings (SSSR count). The molecule has 6 heteroatoms. The van der Waals surface area contributed by atoms with Gasteiger partial charge in [0.05, 0.1) is 0 Å². The number of nitrogens with two attached hydrogens (primary N) is 1. The second kappa shape index (κ2) is 6.25. The van der Waals surface area contributed by atoms with Gasteiger partial charge in [-0.25, -0.2) is 4.39 Å². The van der Waals surface area contributed by atoms with E-state index >= 15 is 0 Å². The maximum atomic E-state index is 12.7. The highest BCUT2D eigenvalue weighted by Crippen LogP contribution is 1.98. The lowest BCUT2D eigenvalue weighted by Crippen LogP contribution is -2.33. The van der Waals surface area contributed by atoms with Crippen molar-refractivity contribution in [2.75, 3.05) is 7.05 Å². The molecule has 0 aliphatic rings. The van der Waals surface area contributed by atoms with Gasteiger partial charge in [0.2, 0.25) is 0 Å². The van der Waals surface area contributed by atoms with Crippen LogP contribution in [-0.4, -0.2) is 30.5 Å². The molecule has 0 aromatic heterocycles. The van der Waals surface area contributed by atoms with Crippen molar-refractivity contribution in [3.8, 4) is 0 Å². The van der Waals surface area contributed by atoms with Crippen LogP contribution in [0.3, 0.4) is 0 Å². The Morgan fingerprint density at radius 1 is 1.43 bits per heavy atom. The Kier molecular flexibility index (Phi) is 5.70. The molecule has 0 spiro atoms. The first-order chi connectivity index (χ1) is 6.65. The van der Waals surface area contributed by atoms with Crippen LogP contribution in [0.2, 0.25) is 0 Å². The van der Waals surface area contributed by atoms with Gasteiger partial charge >= 0.3 is 7.12 Å². The van der Waals surface area contributed by atoms with Crippen molar-refractivity contribution in [2.24, 2.45) is 5.73 Å². The van der Waals surface area contributed by atoms with Crippen LogP contribution in [0.5, 0.6) is 0 Å². The Bertz CT molecular complexity index is 307. The van der Waals surface area contributed by atoms with Gasteiger partial charge in [-0.1, -0.05) is 0 Å². The molecule has 0 heterocycles. The van der Waals surface area contributed by atoms with E-state index in [9.17, 15) is 9.18 Å². The van der Waals surface area contributed by atoms with Gasteiger partial charge < -0.3 is 15.8 Å². The second-order valence-corrected chi connectivity index (χ2v) is 2.27. The van der Waals surface area contributed by atoms with Crippen LogP contribution >= 0.6 is 0 Å². The summed E-state index contributed by atoms with van der Waals surface area (Å²) >= 11 is 0. The normalized spacial score (nSPS) is 8.64. The number of hydrogen-bond acceptors (Lipinski definition) is 4. The first kappa shape index (κ1) is 12.8. The molecule has 0 unspecified atom stereocenters. The third-order valence-corrected chi connectivity index (χ3v) is 1.43. The van der Waals surface area contributed by atoms with Gasteiger partial charge in [-0.15, -0.1) is 0 Å². The predicted molar refractivity (Wildman–Crippen MR) is 51.7 cm³/mol. The monoisotopic (exact) mass is 199 g/mol. The Balaban J connectivity index is 0.000000791. The van der Waals surface area contributed by atoms with Crippen molar-refractivity contribution in [3.63, 3.8) is 0 Å². The Morgan fingerprint density at radius 3 is 2.43 bits per heavy atom. The average molecular weight is 199 g/mol. The van der Waals surface area contributed by atoms with E-state index in [0.717, 1.165) is 12.1 Å². The molecule has 0 amide bonds. The molecule has 1 aromatic rings. The molecule has 0 bridgehead atoms. The second-order valence-electron chi connectivity index (χ2n) is 2.27. The standard InChI is InChI=1S/C7H6BFO3.CH5N/c9-7-2-1-5(4-10)3-6(7)8(11)12;1-2/h1-4,11-12H;2H2,1H3. The van der Waals surface area contributed by atoms with Gasteiger partial charge in [0, 0.05) is 11.0 Å². The molecular formula is C8H11BFNO3. The molecule has 4 N–H and O–H groups in total. The lowest BCUT2D eigenvalue weighted by Gasteiger charge is -2.00. The van der Waals surface area contributed by atoms with Crippen LogP contribution in [0.15, 0.2) is 18.2 Å². The number of rotatable bonds is 2. The molecule has 0 fully saturated rings. The van der Waals surface area contributed by atoms with Crippen molar-refractivity contribution in [2.45, 2.75) is 0 Å². The van der Waals surface area contributed by atoms with Crippen LogP contribution in [0.4, 0.5) is 4.39 Å². The molecular weight excluding hydrogens is 188 g/mol. The first-order valence-electron chi connectivity index (χ1n) is 3.83. The summed E-state index contributed by atoms with van der Waals surface area (Å²) in [4.78, 5) is 10.2. The molecule has 1 aromatic carbocycles. The summed E-state index contributed by atoms with van der Waals surface area (Å²) in [5.41, 5.74) is 4.42. The van der Waals surface area contributed by atoms with E-state index < -0.39 is 12.9 Å². The fourth-order valence-electron chi connectivity index (χ4n) is 0.833. The van der Waals surface area contributed by atoms with Gasteiger partial charge in [0.1, 0.15) is 12.1 Å². The zero-order valence-corrected chi connectivity index (χ0v) is 7.64. The van der Waals surface area contributed by atoms with Crippen LogP contribution < -0.4 is 11.2 Å². The van der Waals surface area contributed by atoms with E-state index in [4.69, 9.17) is 10.0 Å². The van der Waals surface area contributed by atoms with E-state index in [1.54, 1.807) is 0 Å². The summed E-state index contributed by atoms with van der Waals surface area (Å²) < 4.78 is 12.7. The highest BCUT2D eigenvalue weighted by Gasteiger charge is 2.16. The molecule has 76 valence electrons.